The first-order chi connectivity index (χ1) is 12.7. The van der Waals surface area contributed by atoms with Crippen molar-refractivity contribution in [2.24, 2.45) is 5.10 Å². The molecule has 0 radical (unpaired) electrons. The van der Waals surface area contributed by atoms with Gasteiger partial charge in [0.1, 0.15) is 5.75 Å². The standard InChI is InChI=1S/C20H18ClN3OS/c1-3-25-17-10-6-15(7-11-17)19-13(2)26-20-23-22-18(12-24(19)20)14-4-8-16(21)9-5-14/h4-12,22H,3H2,1-2H3. The lowest BCUT2D eigenvalue weighted by atomic mass is 10.1. The van der Waals surface area contributed by atoms with Gasteiger partial charge in [-0.3, -0.25) is 10.3 Å². The lowest BCUT2D eigenvalue weighted by Crippen LogP contribution is -2.26. The lowest BCUT2D eigenvalue weighted by molar-refractivity contribution is 0.340. The van der Waals surface area contributed by atoms with Gasteiger partial charge in [-0.25, -0.2) is 0 Å². The third-order valence-electron chi connectivity index (χ3n) is 4.15. The van der Waals surface area contributed by atoms with Crippen molar-refractivity contribution in [2.75, 3.05) is 6.61 Å². The second kappa shape index (κ2) is 7.09. The molecular weight excluding hydrogens is 366 g/mol. The molecule has 0 bridgehead atoms. The Kier molecular flexibility index (Phi) is 4.66. The maximum Gasteiger partial charge on any atom is 0.196 e. The number of hydrogen-bond donors (Lipinski definition) is 1. The van der Waals surface area contributed by atoms with E-state index in [9.17, 15) is 0 Å². The van der Waals surface area contributed by atoms with Crippen molar-refractivity contribution in [1.82, 2.24) is 10.3 Å². The summed E-state index contributed by atoms with van der Waals surface area (Å²) in [6, 6.07) is 15.9. The summed E-state index contributed by atoms with van der Waals surface area (Å²) in [4.78, 5) is 3.35. The Hall–Kier alpha value is -2.37. The number of amidine groups is 1. The van der Waals surface area contributed by atoms with Gasteiger partial charge in [-0.15, -0.1) is 5.10 Å². The zero-order valence-electron chi connectivity index (χ0n) is 14.5. The number of nitrogens with zero attached hydrogens (tertiary/aromatic N) is 2. The highest BCUT2D eigenvalue weighted by molar-refractivity contribution is 8.17. The molecule has 0 amide bonds. The predicted octanol–water partition coefficient (Wildman–Crippen LogP) is 5.35. The molecule has 26 heavy (non-hydrogen) atoms. The molecule has 0 aromatic heterocycles. The van der Waals surface area contributed by atoms with Crippen molar-refractivity contribution < 1.29 is 4.74 Å². The van der Waals surface area contributed by atoms with E-state index < -0.39 is 0 Å². The average Bonchev–Trinajstić information content (AvgIpc) is 2.98. The average molecular weight is 384 g/mol. The van der Waals surface area contributed by atoms with E-state index in [-0.39, 0.29) is 0 Å². The van der Waals surface area contributed by atoms with Gasteiger partial charge in [0.25, 0.3) is 0 Å². The highest BCUT2D eigenvalue weighted by Gasteiger charge is 2.30. The molecular formula is C20H18ClN3OS. The summed E-state index contributed by atoms with van der Waals surface area (Å²) >= 11 is 7.66. The zero-order valence-corrected chi connectivity index (χ0v) is 16.1. The summed E-state index contributed by atoms with van der Waals surface area (Å²) in [5, 5.41) is 6.17. The normalized spacial score (nSPS) is 16.0. The van der Waals surface area contributed by atoms with Crippen LogP contribution in [0.15, 0.2) is 64.7 Å². The number of ether oxygens (including phenoxy) is 1. The topological polar surface area (TPSA) is 36.9 Å². The molecule has 6 heteroatoms. The Morgan fingerprint density at radius 3 is 2.46 bits per heavy atom. The van der Waals surface area contributed by atoms with Crippen LogP contribution in [0.25, 0.3) is 11.4 Å². The molecule has 0 saturated heterocycles. The fraction of sp³-hybridized carbons (Fsp3) is 0.150. The second-order valence-corrected chi connectivity index (χ2v) is 7.51. The molecule has 0 spiro atoms. The highest BCUT2D eigenvalue weighted by atomic mass is 35.5. The lowest BCUT2D eigenvalue weighted by Gasteiger charge is -2.24. The Labute approximate surface area is 162 Å². The predicted molar refractivity (Wildman–Crippen MR) is 110 cm³/mol. The number of nitrogens with one attached hydrogen (secondary N) is 1. The van der Waals surface area contributed by atoms with Gasteiger partial charge in [0.05, 0.1) is 18.0 Å². The van der Waals surface area contributed by atoms with Crippen LogP contribution in [0.1, 0.15) is 25.0 Å². The molecule has 0 aliphatic carbocycles. The summed E-state index contributed by atoms with van der Waals surface area (Å²) in [6.07, 6.45) is 2.08. The van der Waals surface area contributed by atoms with Crippen molar-refractivity contribution in [3.8, 4) is 5.75 Å². The minimum Gasteiger partial charge on any atom is -0.494 e. The smallest absolute Gasteiger partial charge is 0.196 e. The summed E-state index contributed by atoms with van der Waals surface area (Å²) < 4.78 is 5.55. The van der Waals surface area contributed by atoms with Crippen LogP contribution in [0.2, 0.25) is 5.02 Å². The van der Waals surface area contributed by atoms with Crippen molar-refractivity contribution in [3.63, 3.8) is 0 Å². The first-order valence-corrected chi connectivity index (χ1v) is 9.58. The Bertz CT molecular complexity index is 917. The van der Waals surface area contributed by atoms with E-state index in [1.807, 2.05) is 43.3 Å². The fourth-order valence-corrected chi connectivity index (χ4v) is 4.00. The van der Waals surface area contributed by atoms with E-state index in [1.54, 1.807) is 11.8 Å². The Balaban J connectivity index is 1.67. The molecule has 2 aliphatic heterocycles. The van der Waals surface area contributed by atoms with Crippen LogP contribution >= 0.6 is 23.4 Å². The molecule has 0 atom stereocenters. The van der Waals surface area contributed by atoms with Gasteiger partial charge in [0, 0.05) is 21.7 Å². The van der Waals surface area contributed by atoms with E-state index in [4.69, 9.17) is 16.3 Å². The molecule has 0 saturated carbocycles. The maximum absolute atomic E-state index is 6.00. The number of rotatable bonds is 4. The number of hydrazone groups is 1. The Morgan fingerprint density at radius 1 is 1.08 bits per heavy atom. The van der Waals surface area contributed by atoms with E-state index >= 15 is 0 Å². The molecule has 2 aromatic carbocycles. The number of allylic oxidation sites excluding steroid dienone is 1. The van der Waals surface area contributed by atoms with Crippen LogP contribution in [0, 0.1) is 0 Å². The minimum absolute atomic E-state index is 0.665. The first-order valence-electron chi connectivity index (χ1n) is 8.38. The van der Waals surface area contributed by atoms with Crippen molar-refractivity contribution >= 4 is 39.9 Å². The van der Waals surface area contributed by atoms with Gasteiger partial charge in [-0.2, -0.15) is 0 Å². The summed E-state index contributed by atoms with van der Waals surface area (Å²) in [7, 11) is 0. The maximum atomic E-state index is 6.00. The fourth-order valence-electron chi connectivity index (χ4n) is 2.95. The van der Waals surface area contributed by atoms with Gasteiger partial charge in [0.15, 0.2) is 5.17 Å². The molecule has 0 unspecified atom stereocenters. The molecule has 2 heterocycles. The molecule has 2 aromatic rings. The van der Waals surface area contributed by atoms with Crippen molar-refractivity contribution in [1.29, 1.82) is 0 Å². The summed E-state index contributed by atoms with van der Waals surface area (Å²) in [5.74, 6) is 0.881. The quantitative estimate of drug-likeness (QED) is 0.772. The van der Waals surface area contributed by atoms with Gasteiger partial charge in [0.2, 0.25) is 0 Å². The molecule has 2 aliphatic rings. The first kappa shape index (κ1) is 17.1. The molecule has 1 N–H and O–H groups in total. The number of fused-ring (bicyclic) bond motifs is 1. The zero-order chi connectivity index (χ0) is 18.1. The van der Waals surface area contributed by atoms with Crippen molar-refractivity contribution in [3.05, 3.63) is 75.8 Å². The number of thioether (sulfide) groups is 1. The van der Waals surface area contributed by atoms with Crippen LogP contribution in [0.4, 0.5) is 0 Å². The third-order valence-corrected chi connectivity index (χ3v) is 5.37. The van der Waals surface area contributed by atoms with Crippen molar-refractivity contribution in [2.45, 2.75) is 13.8 Å². The number of benzene rings is 2. The van der Waals surface area contributed by atoms with Crippen LogP contribution in [0.3, 0.4) is 0 Å². The third kappa shape index (κ3) is 3.20. The molecule has 4 nitrogen and oxygen atoms in total. The molecule has 132 valence electrons. The van der Waals surface area contributed by atoms with Crippen LogP contribution < -0.4 is 10.2 Å². The van der Waals surface area contributed by atoms with Gasteiger partial charge in [-0.05, 0) is 55.8 Å². The van der Waals surface area contributed by atoms with E-state index in [0.29, 0.717) is 6.61 Å². The largest absolute Gasteiger partial charge is 0.494 e. The number of halogens is 1. The SMILES string of the molecule is CCOc1ccc(C2=C(C)SC3=NNC(c4ccc(Cl)cc4)=CN32)cc1. The molecule has 0 fully saturated rings. The van der Waals surface area contributed by atoms with Crippen LogP contribution in [0.5, 0.6) is 5.75 Å². The molecule has 4 rings (SSSR count). The van der Waals surface area contributed by atoms with Crippen LogP contribution in [-0.4, -0.2) is 16.7 Å². The summed E-state index contributed by atoms with van der Waals surface area (Å²) in [6.45, 7) is 4.77. The monoisotopic (exact) mass is 383 g/mol. The second-order valence-electron chi connectivity index (χ2n) is 5.89. The minimum atomic E-state index is 0.665. The van der Waals surface area contributed by atoms with E-state index in [0.717, 1.165) is 38.5 Å². The Morgan fingerprint density at radius 2 is 1.77 bits per heavy atom. The van der Waals surface area contributed by atoms with Gasteiger partial charge >= 0.3 is 0 Å². The van der Waals surface area contributed by atoms with Gasteiger partial charge in [-0.1, -0.05) is 35.5 Å². The highest BCUT2D eigenvalue weighted by Crippen LogP contribution is 2.42. The van der Waals surface area contributed by atoms with E-state index in [2.05, 4.69) is 40.7 Å². The number of hydrogen-bond acceptors (Lipinski definition) is 5. The van der Waals surface area contributed by atoms with Crippen LogP contribution in [-0.2, 0) is 0 Å². The summed E-state index contributed by atoms with van der Waals surface area (Å²) in [5.41, 5.74) is 7.40. The van der Waals surface area contributed by atoms with E-state index in [1.165, 1.54) is 4.91 Å². The van der Waals surface area contributed by atoms with Gasteiger partial charge < -0.3 is 4.74 Å².